The molecule has 1 unspecified atom stereocenters. The number of methoxy groups -OCH3 is 1. The smallest absolute Gasteiger partial charge is 0.427 e. The third-order valence-electron chi connectivity index (χ3n) is 2.99. The Morgan fingerprint density at radius 2 is 1.63 bits per heavy atom. The van der Waals surface area contributed by atoms with Gasteiger partial charge in [0.2, 0.25) is 0 Å². The van der Waals surface area contributed by atoms with Crippen LogP contribution in [-0.2, 0) is 4.74 Å². The van der Waals surface area contributed by atoms with Gasteiger partial charge >= 0.3 is 12.4 Å². The summed E-state index contributed by atoms with van der Waals surface area (Å²) in [6, 6.07) is 0. The van der Waals surface area contributed by atoms with Crippen LogP contribution in [0.3, 0.4) is 0 Å². The van der Waals surface area contributed by atoms with Crippen LogP contribution in [0.1, 0.15) is 13.3 Å². The van der Waals surface area contributed by atoms with Crippen LogP contribution in [0.15, 0.2) is 23.5 Å². The van der Waals surface area contributed by atoms with Crippen molar-refractivity contribution in [2.45, 2.75) is 31.3 Å². The molecular weight excluding hydrogens is 278 g/mol. The minimum atomic E-state index is -5.85. The lowest BCUT2D eigenvalue weighted by atomic mass is 9.79. The Kier molecular flexibility index (Phi) is 3.96. The average Bonchev–Trinajstić information content (AvgIpc) is 2.24. The second-order valence-corrected chi connectivity index (χ2v) is 4.25. The lowest BCUT2D eigenvalue weighted by Gasteiger charge is -2.39. The van der Waals surface area contributed by atoms with Gasteiger partial charge < -0.3 is 9.84 Å². The molecule has 0 radical (unpaired) electrons. The van der Waals surface area contributed by atoms with E-state index < -0.39 is 36.1 Å². The molecule has 110 valence electrons. The summed E-state index contributed by atoms with van der Waals surface area (Å²) in [7, 11) is 0.963. The predicted molar refractivity (Wildman–Crippen MR) is 54.0 cm³/mol. The van der Waals surface area contributed by atoms with Crippen molar-refractivity contribution < 1.29 is 36.2 Å². The summed E-state index contributed by atoms with van der Waals surface area (Å²) < 4.78 is 80.9. The van der Waals surface area contributed by atoms with Crippen molar-refractivity contribution in [2.75, 3.05) is 7.11 Å². The van der Waals surface area contributed by atoms with Crippen LogP contribution in [0.4, 0.5) is 26.3 Å². The Morgan fingerprint density at radius 3 is 2.00 bits per heavy atom. The van der Waals surface area contributed by atoms with Gasteiger partial charge in [-0.15, -0.1) is 0 Å². The third-order valence-corrected chi connectivity index (χ3v) is 2.99. The monoisotopic (exact) mass is 290 g/mol. The van der Waals surface area contributed by atoms with Crippen molar-refractivity contribution in [3.05, 3.63) is 23.5 Å². The second-order valence-electron chi connectivity index (χ2n) is 4.25. The van der Waals surface area contributed by atoms with E-state index in [0.29, 0.717) is 5.57 Å². The molecule has 0 aromatic carbocycles. The average molecular weight is 290 g/mol. The highest BCUT2D eigenvalue weighted by molar-refractivity contribution is 5.28. The summed E-state index contributed by atoms with van der Waals surface area (Å²) in [5, 5.41) is 9.30. The van der Waals surface area contributed by atoms with Crippen LogP contribution < -0.4 is 0 Å². The number of hydrogen-bond acceptors (Lipinski definition) is 2. The molecule has 0 fully saturated rings. The fraction of sp³-hybridized carbons (Fsp3) is 0.636. The number of aliphatic hydroxyl groups is 1. The highest BCUT2D eigenvalue weighted by atomic mass is 19.4. The van der Waals surface area contributed by atoms with E-state index in [0.717, 1.165) is 13.2 Å². The fourth-order valence-corrected chi connectivity index (χ4v) is 1.94. The van der Waals surface area contributed by atoms with E-state index in [1.54, 1.807) is 0 Å². The van der Waals surface area contributed by atoms with Crippen molar-refractivity contribution in [2.24, 2.45) is 5.92 Å². The molecule has 1 aliphatic carbocycles. The van der Waals surface area contributed by atoms with Gasteiger partial charge in [0.15, 0.2) is 0 Å². The highest BCUT2D eigenvalue weighted by Crippen LogP contribution is 2.51. The lowest BCUT2D eigenvalue weighted by molar-refractivity contribution is -0.383. The number of hydrogen-bond donors (Lipinski definition) is 1. The summed E-state index contributed by atoms with van der Waals surface area (Å²) in [5.74, 6) is -2.79. The summed E-state index contributed by atoms with van der Waals surface area (Å²) in [4.78, 5) is 0. The topological polar surface area (TPSA) is 29.5 Å². The Bertz CT molecular complexity index is 390. The quantitative estimate of drug-likeness (QED) is 0.790. The molecule has 1 N–H and O–H groups in total. The van der Waals surface area contributed by atoms with E-state index in [9.17, 15) is 31.4 Å². The summed E-state index contributed by atoms with van der Waals surface area (Å²) >= 11 is 0. The van der Waals surface area contributed by atoms with Crippen LogP contribution in [-0.4, -0.2) is 30.2 Å². The van der Waals surface area contributed by atoms with Gasteiger partial charge in [-0.1, -0.05) is 11.6 Å². The van der Waals surface area contributed by atoms with Crippen LogP contribution >= 0.6 is 0 Å². The van der Waals surface area contributed by atoms with Crippen LogP contribution in [0.2, 0.25) is 0 Å². The van der Waals surface area contributed by atoms with E-state index >= 15 is 0 Å². The van der Waals surface area contributed by atoms with Crippen molar-refractivity contribution >= 4 is 0 Å². The van der Waals surface area contributed by atoms with E-state index in [1.165, 1.54) is 13.0 Å². The van der Waals surface area contributed by atoms with Crippen molar-refractivity contribution in [1.29, 1.82) is 0 Å². The molecule has 8 heteroatoms. The standard InChI is InChI=1S/C11H12F6O2/c1-6-3-4-7(8(5-6)19-2)9(18,10(12,13)14)11(15,16)17/h3,5,7,18H,4H2,1-2H3. The molecule has 1 aliphatic rings. The lowest BCUT2D eigenvalue weighted by Crippen LogP contribution is -2.62. The van der Waals surface area contributed by atoms with Gasteiger partial charge in [0.25, 0.3) is 5.60 Å². The van der Waals surface area contributed by atoms with E-state index in [1.807, 2.05) is 0 Å². The molecule has 0 amide bonds. The van der Waals surface area contributed by atoms with Crippen molar-refractivity contribution in [1.82, 2.24) is 0 Å². The molecular formula is C11H12F6O2. The zero-order valence-electron chi connectivity index (χ0n) is 10.1. The Balaban J connectivity index is 3.34. The molecule has 0 saturated carbocycles. The maximum absolute atomic E-state index is 12.7. The van der Waals surface area contributed by atoms with Gasteiger partial charge in [-0.2, -0.15) is 26.3 Å². The number of allylic oxidation sites excluding steroid dienone is 3. The van der Waals surface area contributed by atoms with Crippen LogP contribution in [0, 0.1) is 5.92 Å². The van der Waals surface area contributed by atoms with E-state index in [2.05, 4.69) is 4.74 Å². The van der Waals surface area contributed by atoms with Gasteiger partial charge in [0.1, 0.15) is 5.76 Å². The largest absolute Gasteiger partial charge is 0.501 e. The minimum Gasteiger partial charge on any atom is -0.501 e. The molecule has 0 aromatic rings. The Hall–Kier alpha value is -1.18. The van der Waals surface area contributed by atoms with Gasteiger partial charge in [-0.25, -0.2) is 0 Å². The summed E-state index contributed by atoms with van der Waals surface area (Å²) in [5.41, 5.74) is -4.36. The normalized spacial score (nSPS) is 21.8. The molecule has 0 heterocycles. The number of rotatable bonds is 2. The number of ether oxygens (including phenoxy) is 1. The SMILES string of the molecule is COC1=CC(C)=CCC1C(O)(C(F)(F)F)C(F)(F)F. The number of alkyl halides is 6. The van der Waals surface area contributed by atoms with Crippen LogP contribution in [0.25, 0.3) is 0 Å². The van der Waals surface area contributed by atoms with E-state index in [4.69, 9.17) is 0 Å². The molecule has 0 saturated heterocycles. The van der Waals surface area contributed by atoms with Crippen molar-refractivity contribution in [3.63, 3.8) is 0 Å². The maximum Gasteiger partial charge on any atom is 0.427 e. The van der Waals surface area contributed by atoms with Crippen LogP contribution in [0.5, 0.6) is 0 Å². The first-order chi connectivity index (χ1) is 8.45. The van der Waals surface area contributed by atoms with Gasteiger partial charge in [0.05, 0.1) is 13.0 Å². The van der Waals surface area contributed by atoms with E-state index in [-0.39, 0.29) is 0 Å². The molecule has 0 spiro atoms. The first-order valence-electron chi connectivity index (χ1n) is 5.23. The Labute approximate surface area is 105 Å². The van der Waals surface area contributed by atoms with Gasteiger partial charge in [-0.3, -0.25) is 0 Å². The first kappa shape index (κ1) is 15.9. The third kappa shape index (κ3) is 2.58. The molecule has 0 aromatic heterocycles. The molecule has 2 nitrogen and oxygen atoms in total. The zero-order chi connectivity index (χ0) is 15.1. The molecule has 0 aliphatic heterocycles. The fourth-order valence-electron chi connectivity index (χ4n) is 1.94. The first-order valence-corrected chi connectivity index (χ1v) is 5.23. The zero-order valence-corrected chi connectivity index (χ0v) is 10.1. The second kappa shape index (κ2) is 4.73. The molecule has 0 bridgehead atoms. The van der Waals surface area contributed by atoms with Gasteiger partial charge in [-0.05, 0) is 19.4 Å². The number of halogens is 6. The molecule has 1 atom stereocenters. The van der Waals surface area contributed by atoms with Gasteiger partial charge in [0, 0.05) is 0 Å². The Morgan fingerprint density at radius 1 is 1.16 bits per heavy atom. The maximum atomic E-state index is 12.7. The molecule has 19 heavy (non-hydrogen) atoms. The minimum absolute atomic E-state index is 0.472. The summed E-state index contributed by atoms with van der Waals surface area (Å²) in [6.07, 6.45) is -10.1. The predicted octanol–water partition coefficient (Wildman–Crippen LogP) is 3.34. The summed E-state index contributed by atoms with van der Waals surface area (Å²) in [6.45, 7) is 1.51. The molecule has 1 rings (SSSR count). The van der Waals surface area contributed by atoms with Crippen molar-refractivity contribution in [3.8, 4) is 0 Å². The highest BCUT2D eigenvalue weighted by Gasteiger charge is 2.74.